The topological polar surface area (TPSA) is 68.7 Å². The molecule has 170 valence electrons. The summed E-state index contributed by atoms with van der Waals surface area (Å²) in [6, 6.07) is 3.71. The fourth-order valence-corrected chi connectivity index (χ4v) is 3.73. The first-order chi connectivity index (χ1) is 15.6. The first-order valence-electron chi connectivity index (χ1n) is 10.6. The molecule has 1 aliphatic heterocycles. The van der Waals surface area contributed by atoms with E-state index in [9.17, 15) is 4.39 Å². The van der Waals surface area contributed by atoms with Crippen molar-refractivity contribution in [2.45, 2.75) is 12.8 Å². The lowest BCUT2D eigenvalue weighted by atomic mass is 10.2. The van der Waals surface area contributed by atoms with Gasteiger partial charge in [-0.15, -0.1) is 0 Å². The number of hydrogen-bond donors (Lipinski definition) is 1. The van der Waals surface area contributed by atoms with Crippen LogP contribution < -0.4 is 14.8 Å². The number of aromatic nitrogens is 2. The highest BCUT2D eigenvalue weighted by Crippen LogP contribution is 2.34. The van der Waals surface area contributed by atoms with Crippen molar-refractivity contribution < 1.29 is 18.6 Å². The Morgan fingerprint density at radius 1 is 1.19 bits per heavy atom. The summed E-state index contributed by atoms with van der Waals surface area (Å²) >= 11 is 5.89. The molecule has 0 bridgehead atoms. The number of anilines is 1. The summed E-state index contributed by atoms with van der Waals surface area (Å²) in [5, 5.41) is 4.14. The smallest absolute Gasteiger partial charge is 0.162 e. The van der Waals surface area contributed by atoms with Crippen LogP contribution in [0.3, 0.4) is 0 Å². The third-order valence-electron chi connectivity index (χ3n) is 5.34. The number of nitrogens with zero attached hydrogens (tertiary/aromatic N) is 3. The predicted octanol–water partition coefficient (Wildman–Crippen LogP) is 4.42. The van der Waals surface area contributed by atoms with Gasteiger partial charge in [-0.1, -0.05) is 17.7 Å². The summed E-state index contributed by atoms with van der Waals surface area (Å²) in [5.74, 6) is 1.38. The second-order valence-corrected chi connectivity index (χ2v) is 7.89. The summed E-state index contributed by atoms with van der Waals surface area (Å²) in [6.45, 7) is 5.02. The van der Waals surface area contributed by atoms with Crippen molar-refractivity contribution in [3.63, 3.8) is 0 Å². The molecule has 1 saturated heterocycles. The second-order valence-electron chi connectivity index (χ2n) is 7.49. The van der Waals surface area contributed by atoms with Gasteiger partial charge in [-0.3, -0.25) is 4.90 Å². The Balaban J connectivity index is 1.49. The number of morpholine rings is 1. The van der Waals surface area contributed by atoms with Gasteiger partial charge in [0.1, 0.15) is 18.0 Å². The molecule has 2 aliphatic rings. The summed E-state index contributed by atoms with van der Waals surface area (Å²) in [5.41, 5.74) is 1.48. The van der Waals surface area contributed by atoms with E-state index in [2.05, 4.69) is 20.2 Å². The fourth-order valence-electron chi connectivity index (χ4n) is 3.59. The third kappa shape index (κ3) is 5.56. The summed E-state index contributed by atoms with van der Waals surface area (Å²) in [4.78, 5) is 11.1. The van der Waals surface area contributed by atoms with Crippen LogP contribution in [0.5, 0.6) is 11.5 Å². The molecule has 2 aromatic rings. The lowest BCUT2D eigenvalue weighted by molar-refractivity contribution is 0.0357. The van der Waals surface area contributed by atoms with E-state index in [1.54, 1.807) is 19.3 Å². The fraction of sp³-hybridized carbons (Fsp3) is 0.391. The normalized spacial score (nSPS) is 17.3. The van der Waals surface area contributed by atoms with Gasteiger partial charge in [0.05, 0.1) is 37.5 Å². The van der Waals surface area contributed by atoms with Gasteiger partial charge < -0.3 is 19.5 Å². The Kier molecular flexibility index (Phi) is 7.57. The molecule has 0 atom stereocenters. The Labute approximate surface area is 191 Å². The van der Waals surface area contributed by atoms with Crippen LogP contribution in [0.2, 0.25) is 0 Å². The number of methoxy groups -OCH3 is 1. The zero-order valence-electron chi connectivity index (χ0n) is 17.9. The van der Waals surface area contributed by atoms with Gasteiger partial charge in [-0.2, -0.15) is 0 Å². The molecule has 1 fully saturated rings. The van der Waals surface area contributed by atoms with Crippen molar-refractivity contribution >= 4 is 28.3 Å². The van der Waals surface area contributed by atoms with E-state index < -0.39 is 5.83 Å². The quantitative estimate of drug-likeness (QED) is 0.585. The zero-order valence-corrected chi connectivity index (χ0v) is 18.7. The van der Waals surface area contributed by atoms with Crippen LogP contribution in [0.4, 0.5) is 10.2 Å². The average molecular weight is 461 g/mol. The first kappa shape index (κ1) is 22.5. The first-order valence-corrected chi connectivity index (χ1v) is 11.0. The highest BCUT2D eigenvalue weighted by Gasteiger charge is 2.14. The van der Waals surface area contributed by atoms with Crippen LogP contribution in [0.1, 0.15) is 12.8 Å². The van der Waals surface area contributed by atoms with E-state index in [-0.39, 0.29) is 5.03 Å². The van der Waals surface area contributed by atoms with E-state index in [1.165, 1.54) is 12.4 Å². The Morgan fingerprint density at radius 3 is 2.84 bits per heavy atom. The van der Waals surface area contributed by atoms with E-state index in [1.807, 2.05) is 12.1 Å². The molecule has 0 amide bonds. The molecule has 0 saturated carbocycles. The highest BCUT2D eigenvalue weighted by molar-refractivity contribution is 6.31. The lowest BCUT2D eigenvalue weighted by Crippen LogP contribution is -2.37. The monoisotopic (exact) mass is 460 g/mol. The average Bonchev–Trinajstić information content (AvgIpc) is 2.98. The van der Waals surface area contributed by atoms with E-state index in [0.717, 1.165) is 50.4 Å². The molecule has 1 aliphatic carbocycles. The van der Waals surface area contributed by atoms with Crippen LogP contribution in [-0.4, -0.2) is 61.4 Å². The van der Waals surface area contributed by atoms with Crippen molar-refractivity contribution in [1.29, 1.82) is 0 Å². The number of hydrogen-bond acceptors (Lipinski definition) is 7. The molecule has 9 heteroatoms. The van der Waals surface area contributed by atoms with E-state index >= 15 is 0 Å². The van der Waals surface area contributed by atoms with Crippen LogP contribution in [0, 0.1) is 0 Å². The van der Waals surface area contributed by atoms with Crippen LogP contribution in [-0.2, 0) is 4.74 Å². The van der Waals surface area contributed by atoms with Gasteiger partial charge in [0, 0.05) is 43.2 Å². The molecule has 1 aromatic heterocycles. The number of ether oxygens (including phenoxy) is 3. The Bertz CT molecular complexity index is 1050. The minimum Gasteiger partial charge on any atom is -0.493 e. The minimum absolute atomic E-state index is 0.100. The molecular formula is C23H26ClFN4O3. The summed E-state index contributed by atoms with van der Waals surface area (Å²) < 4.78 is 30.7. The standard InChI is InChI=1S/C23H26ClFN4O3/c1-30-21-14-20-17(13-22(21)32-10-2-7-29-8-11-31-12-9-29)23(27-15-26-20)28-16-3-5-18(24)19(25)6-4-16/h4-6,13-15H,2-3,7-12H2,1H3,(H,26,27,28). The van der Waals surface area contributed by atoms with E-state index in [4.69, 9.17) is 25.8 Å². The molecule has 2 heterocycles. The molecule has 0 radical (unpaired) electrons. The zero-order chi connectivity index (χ0) is 22.3. The second kappa shape index (κ2) is 10.8. The molecule has 1 aromatic carbocycles. The molecule has 4 rings (SSSR count). The number of halogens is 2. The SMILES string of the molecule is COc1cc2ncnc(NC3=CC=C(F)C(Cl)=CC3)c2cc1OCCCN1CCOCC1. The molecular weight excluding hydrogens is 435 g/mol. The third-order valence-corrected chi connectivity index (χ3v) is 5.67. The molecule has 7 nitrogen and oxygen atoms in total. The number of allylic oxidation sites excluding steroid dienone is 5. The molecule has 0 unspecified atom stereocenters. The van der Waals surface area contributed by atoms with Gasteiger partial charge in [0.2, 0.25) is 0 Å². The molecule has 1 N–H and O–H groups in total. The summed E-state index contributed by atoms with van der Waals surface area (Å²) in [7, 11) is 1.61. The van der Waals surface area contributed by atoms with Crippen LogP contribution >= 0.6 is 11.6 Å². The maximum absolute atomic E-state index is 13.7. The number of rotatable bonds is 8. The predicted molar refractivity (Wildman–Crippen MR) is 123 cm³/mol. The Morgan fingerprint density at radius 2 is 2.03 bits per heavy atom. The largest absolute Gasteiger partial charge is 0.493 e. The summed E-state index contributed by atoms with van der Waals surface area (Å²) in [6.07, 6.45) is 7.44. The van der Waals surface area contributed by atoms with Crippen LogP contribution in [0.25, 0.3) is 10.9 Å². The van der Waals surface area contributed by atoms with Crippen molar-refractivity contribution in [1.82, 2.24) is 14.9 Å². The number of benzene rings is 1. The number of fused-ring (bicyclic) bond motifs is 1. The van der Waals surface area contributed by atoms with Gasteiger partial charge in [-0.25, -0.2) is 14.4 Å². The maximum Gasteiger partial charge on any atom is 0.162 e. The highest BCUT2D eigenvalue weighted by atomic mass is 35.5. The number of nitrogens with one attached hydrogen (secondary N) is 1. The van der Waals surface area contributed by atoms with Crippen molar-refractivity contribution in [3.8, 4) is 11.5 Å². The Hall–Kier alpha value is -2.68. The van der Waals surface area contributed by atoms with Crippen LogP contribution in [0.15, 0.2) is 53.2 Å². The van der Waals surface area contributed by atoms with Crippen molar-refractivity contribution in [2.75, 3.05) is 51.9 Å². The van der Waals surface area contributed by atoms with Gasteiger partial charge in [-0.05, 0) is 24.6 Å². The van der Waals surface area contributed by atoms with Gasteiger partial charge >= 0.3 is 0 Å². The van der Waals surface area contributed by atoms with Crippen molar-refractivity contribution in [2.24, 2.45) is 0 Å². The van der Waals surface area contributed by atoms with Gasteiger partial charge in [0.15, 0.2) is 11.5 Å². The maximum atomic E-state index is 13.7. The van der Waals surface area contributed by atoms with Crippen molar-refractivity contribution in [3.05, 3.63) is 53.2 Å². The molecule has 32 heavy (non-hydrogen) atoms. The minimum atomic E-state index is -0.464. The lowest BCUT2D eigenvalue weighted by Gasteiger charge is -2.26. The van der Waals surface area contributed by atoms with Gasteiger partial charge in [0.25, 0.3) is 0 Å². The molecule has 0 spiro atoms. The van der Waals surface area contributed by atoms with E-state index in [0.29, 0.717) is 35.9 Å².